The van der Waals surface area contributed by atoms with Crippen LogP contribution in [0.4, 0.5) is 5.69 Å². The second-order valence-corrected chi connectivity index (χ2v) is 5.26. The zero-order chi connectivity index (χ0) is 10.9. The van der Waals surface area contributed by atoms with Gasteiger partial charge in [-0.25, -0.2) is 0 Å². The van der Waals surface area contributed by atoms with Crippen molar-refractivity contribution in [2.45, 2.75) is 25.4 Å². The maximum absolute atomic E-state index is 9.84. The molecule has 2 rings (SSSR count). The van der Waals surface area contributed by atoms with Gasteiger partial charge in [-0.15, -0.1) is 0 Å². The first-order valence-electron chi connectivity index (χ1n) is 5.15. The normalized spacial score (nSPS) is 20.3. The Labute approximate surface area is 98.3 Å². The zero-order valence-electron chi connectivity index (χ0n) is 8.78. The molecule has 1 fully saturated rings. The van der Waals surface area contributed by atoms with Crippen LogP contribution in [-0.4, -0.2) is 28.8 Å². The van der Waals surface area contributed by atoms with Crippen molar-refractivity contribution < 1.29 is 5.11 Å². The summed E-state index contributed by atoms with van der Waals surface area (Å²) in [6.45, 7) is 3.69. The van der Waals surface area contributed by atoms with Gasteiger partial charge < -0.3 is 10.0 Å². The van der Waals surface area contributed by atoms with Gasteiger partial charge in [0.15, 0.2) is 0 Å². The van der Waals surface area contributed by atoms with E-state index in [0.29, 0.717) is 0 Å². The molecule has 0 radical (unpaired) electrons. The molecule has 0 unspecified atom stereocenters. The highest BCUT2D eigenvalue weighted by molar-refractivity contribution is 9.10. The fraction of sp³-hybridized carbons (Fsp3) is 0.545. The lowest BCUT2D eigenvalue weighted by atomic mass is 9.94. The van der Waals surface area contributed by atoms with Crippen LogP contribution in [0.1, 0.15) is 19.8 Å². The third kappa shape index (κ3) is 2.69. The van der Waals surface area contributed by atoms with Crippen LogP contribution in [0.25, 0.3) is 0 Å². The maximum Gasteiger partial charge on any atom is 0.0653 e. The van der Waals surface area contributed by atoms with E-state index < -0.39 is 5.60 Å². The predicted octanol–water partition coefficient (Wildman–Crippen LogP) is 2.20. The van der Waals surface area contributed by atoms with Crippen LogP contribution in [-0.2, 0) is 0 Å². The van der Waals surface area contributed by atoms with Gasteiger partial charge in [-0.05, 0) is 41.8 Å². The Balaban J connectivity index is 2.08. The molecule has 1 N–H and O–H groups in total. The van der Waals surface area contributed by atoms with Crippen molar-refractivity contribution in [3.8, 4) is 0 Å². The van der Waals surface area contributed by atoms with Crippen LogP contribution < -0.4 is 4.90 Å². The number of anilines is 1. The Morgan fingerprint density at radius 3 is 2.67 bits per heavy atom. The minimum absolute atomic E-state index is 0.490. The molecule has 0 amide bonds. The van der Waals surface area contributed by atoms with Crippen molar-refractivity contribution in [3.05, 3.63) is 22.9 Å². The third-order valence-corrected chi connectivity index (χ3v) is 3.33. The summed E-state index contributed by atoms with van der Waals surface area (Å²) in [5.74, 6) is 0. The number of nitrogens with zero attached hydrogens (tertiary/aromatic N) is 2. The molecule has 82 valence electrons. The molecule has 0 aliphatic carbocycles. The summed E-state index contributed by atoms with van der Waals surface area (Å²) in [7, 11) is 0. The number of aromatic nitrogens is 1. The lowest BCUT2D eigenvalue weighted by molar-refractivity contribution is 0.0351. The summed E-state index contributed by atoms with van der Waals surface area (Å²) >= 11 is 3.41. The highest BCUT2D eigenvalue weighted by Gasteiger charge is 2.27. The lowest BCUT2D eigenvalue weighted by Gasteiger charge is -2.36. The Bertz CT molecular complexity index is 344. The van der Waals surface area contributed by atoms with Crippen LogP contribution in [0.2, 0.25) is 0 Å². The number of rotatable bonds is 1. The summed E-state index contributed by atoms with van der Waals surface area (Å²) in [5.41, 5.74) is 0.635. The third-order valence-electron chi connectivity index (χ3n) is 2.90. The number of aliphatic hydroxyl groups is 1. The highest BCUT2D eigenvalue weighted by Crippen LogP contribution is 2.26. The van der Waals surface area contributed by atoms with Crippen LogP contribution in [0.5, 0.6) is 0 Å². The van der Waals surface area contributed by atoms with Crippen molar-refractivity contribution in [1.82, 2.24) is 4.98 Å². The molecule has 4 heteroatoms. The van der Waals surface area contributed by atoms with E-state index in [1.165, 1.54) is 0 Å². The first-order chi connectivity index (χ1) is 7.07. The molecule has 0 bridgehead atoms. The fourth-order valence-corrected chi connectivity index (χ4v) is 2.17. The van der Waals surface area contributed by atoms with Gasteiger partial charge in [0.25, 0.3) is 0 Å². The molecule has 3 nitrogen and oxygen atoms in total. The fourth-order valence-electron chi connectivity index (χ4n) is 1.82. The average Bonchev–Trinajstić information content (AvgIpc) is 2.17. The quantitative estimate of drug-likeness (QED) is 0.850. The van der Waals surface area contributed by atoms with E-state index in [1.807, 2.05) is 13.1 Å². The van der Waals surface area contributed by atoms with Crippen molar-refractivity contribution in [1.29, 1.82) is 0 Å². The molecule has 0 atom stereocenters. The summed E-state index contributed by atoms with van der Waals surface area (Å²) < 4.78 is 0.998. The number of pyridine rings is 1. The molecule has 1 saturated heterocycles. The van der Waals surface area contributed by atoms with Gasteiger partial charge in [0, 0.05) is 23.8 Å². The van der Waals surface area contributed by atoms with Gasteiger partial charge in [-0.1, -0.05) is 0 Å². The Morgan fingerprint density at radius 2 is 2.07 bits per heavy atom. The van der Waals surface area contributed by atoms with Gasteiger partial charge in [-0.2, -0.15) is 0 Å². The minimum Gasteiger partial charge on any atom is -0.390 e. The molecule has 1 aliphatic rings. The molecule has 1 aromatic heterocycles. The number of halogens is 1. The second-order valence-electron chi connectivity index (χ2n) is 4.35. The maximum atomic E-state index is 9.84. The zero-order valence-corrected chi connectivity index (χ0v) is 10.4. The van der Waals surface area contributed by atoms with Gasteiger partial charge in [0.2, 0.25) is 0 Å². The molecule has 2 heterocycles. The van der Waals surface area contributed by atoms with Gasteiger partial charge >= 0.3 is 0 Å². The lowest BCUT2D eigenvalue weighted by Crippen LogP contribution is -2.42. The summed E-state index contributed by atoms with van der Waals surface area (Å²) in [4.78, 5) is 6.40. The molecular weight excluding hydrogens is 256 g/mol. The van der Waals surface area contributed by atoms with Crippen LogP contribution in [0, 0.1) is 0 Å². The Kier molecular flexibility index (Phi) is 2.98. The first-order valence-corrected chi connectivity index (χ1v) is 5.94. The average molecular weight is 271 g/mol. The van der Waals surface area contributed by atoms with E-state index in [9.17, 15) is 5.11 Å². The molecule has 1 aromatic rings. The van der Waals surface area contributed by atoms with E-state index in [-0.39, 0.29) is 0 Å². The molecule has 0 aromatic carbocycles. The largest absolute Gasteiger partial charge is 0.390 e. The van der Waals surface area contributed by atoms with E-state index in [4.69, 9.17) is 0 Å². The van der Waals surface area contributed by atoms with Gasteiger partial charge in [0.05, 0.1) is 17.5 Å². The van der Waals surface area contributed by atoms with E-state index in [2.05, 4.69) is 31.9 Å². The first kappa shape index (κ1) is 10.9. The molecule has 0 saturated carbocycles. The number of hydrogen-bond acceptors (Lipinski definition) is 3. The molecule has 1 aliphatic heterocycles. The Morgan fingerprint density at radius 1 is 1.40 bits per heavy atom. The van der Waals surface area contributed by atoms with Crippen molar-refractivity contribution >= 4 is 21.6 Å². The van der Waals surface area contributed by atoms with Crippen molar-refractivity contribution in [3.63, 3.8) is 0 Å². The molecule has 0 spiro atoms. The van der Waals surface area contributed by atoms with E-state index in [0.717, 1.165) is 36.1 Å². The summed E-state index contributed by atoms with van der Waals surface area (Å²) in [5, 5.41) is 9.84. The van der Waals surface area contributed by atoms with Crippen LogP contribution in [0.15, 0.2) is 22.9 Å². The standard InChI is InChI=1S/C11H15BrN2O/c1-11(15)2-4-14(5-3-11)10-6-9(12)7-13-8-10/h6-8,15H,2-5H2,1H3. The van der Waals surface area contributed by atoms with Crippen molar-refractivity contribution in [2.24, 2.45) is 0 Å². The smallest absolute Gasteiger partial charge is 0.0653 e. The number of hydrogen-bond donors (Lipinski definition) is 1. The summed E-state index contributed by atoms with van der Waals surface area (Å²) in [6.07, 6.45) is 5.29. The monoisotopic (exact) mass is 270 g/mol. The summed E-state index contributed by atoms with van der Waals surface area (Å²) in [6, 6.07) is 2.06. The van der Waals surface area contributed by atoms with Crippen molar-refractivity contribution in [2.75, 3.05) is 18.0 Å². The van der Waals surface area contributed by atoms with Gasteiger partial charge in [0.1, 0.15) is 0 Å². The minimum atomic E-state index is -0.490. The SMILES string of the molecule is CC1(O)CCN(c2cncc(Br)c2)CC1. The molecule has 15 heavy (non-hydrogen) atoms. The van der Waals surface area contributed by atoms with E-state index in [1.54, 1.807) is 6.20 Å². The Hall–Kier alpha value is -0.610. The number of piperidine rings is 1. The second kappa shape index (κ2) is 4.10. The predicted molar refractivity (Wildman–Crippen MR) is 64.0 cm³/mol. The molecular formula is C11H15BrN2O. The van der Waals surface area contributed by atoms with Gasteiger partial charge in [-0.3, -0.25) is 4.98 Å². The van der Waals surface area contributed by atoms with Crippen LogP contribution in [0.3, 0.4) is 0 Å². The van der Waals surface area contributed by atoms with Crippen LogP contribution >= 0.6 is 15.9 Å². The topological polar surface area (TPSA) is 36.4 Å². The van der Waals surface area contributed by atoms with E-state index >= 15 is 0 Å². The highest BCUT2D eigenvalue weighted by atomic mass is 79.9.